The fraction of sp³-hybridized carbons (Fsp3) is 0.800. The first-order chi connectivity index (χ1) is 7.31. The number of aryl methyl sites for hydroxylation is 1. The van der Waals surface area contributed by atoms with Gasteiger partial charge in [0, 0.05) is 19.6 Å². The van der Waals surface area contributed by atoms with Crippen LogP contribution in [0.2, 0.25) is 0 Å². The molecular weight excluding hydrogens is 192 g/mol. The van der Waals surface area contributed by atoms with Crippen molar-refractivity contribution in [2.24, 2.45) is 5.92 Å². The molecule has 2 heterocycles. The van der Waals surface area contributed by atoms with Crippen LogP contribution in [0.1, 0.15) is 18.1 Å². The van der Waals surface area contributed by atoms with E-state index in [-0.39, 0.29) is 6.61 Å². The fourth-order valence-corrected chi connectivity index (χ4v) is 1.85. The lowest BCUT2D eigenvalue weighted by molar-refractivity contribution is 0.276. The van der Waals surface area contributed by atoms with E-state index in [2.05, 4.69) is 20.1 Å². The number of rotatable bonds is 5. The minimum absolute atomic E-state index is 0.224. The molecule has 0 saturated carbocycles. The molecule has 2 rings (SSSR count). The summed E-state index contributed by atoms with van der Waals surface area (Å²) >= 11 is 0. The summed E-state index contributed by atoms with van der Waals surface area (Å²) in [6.07, 6.45) is 1.77. The van der Waals surface area contributed by atoms with Gasteiger partial charge in [-0.15, -0.1) is 10.2 Å². The van der Waals surface area contributed by atoms with E-state index in [0.29, 0.717) is 5.92 Å². The van der Waals surface area contributed by atoms with Crippen LogP contribution in [0.3, 0.4) is 0 Å². The molecule has 1 fully saturated rings. The molecule has 1 saturated heterocycles. The molecule has 15 heavy (non-hydrogen) atoms. The zero-order chi connectivity index (χ0) is 10.7. The van der Waals surface area contributed by atoms with Crippen molar-refractivity contribution in [2.45, 2.75) is 26.3 Å². The highest BCUT2D eigenvalue weighted by Crippen LogP contribution is 2.12. The van der Waals surface area contributed by atoms with E-state index in [4.69, 9.17) is 5.11 Å². The Morgan fingerprint density at radius 3 is 2.87 bits per heavy atom. The van der Waals surface area contributed by atoms with Crippen LogP contribution in [-0.2, 0) is 13.0 Å². The van der Waals surface area contributed by atoms with Crippen LogP contribution in [0.15, 0.2) is 0 Å². The second-order valence-corrected chi connectivity index (χ2v) is 4.12. The normalized spacial score (nSPS) is 16.7. The Hall–Kier alpha value is -0.940. The Labute approximate surface area is 89.5 Å². The van der Waals surface area contributed by atoms with E-state index < -0.39 is 0 Å². The summed E-state index contributed by atoms with van der Waals surface area (Å²) in [5.74, 6) is 2.72. The highest BCUT2D eigenvalue weighted by molar-refractivity contribution is 4.97. The third-order valence-corrected chi connectivity index (χ3v) is 2.89. The first-order valence-corrected chi connectivity index (χ1v) is 5.51. The van der Waals surface area contributed by atoms with E-state index in [0.717, 1.165) is 44.1 Å². The predicted octanol–water partition coefficient (Wildman–Crippen LogP) is -0.269. The van der Waals surface area contributed by atoms with Gasteiger partial charge in [-0.1, -0.05) is 0 Å². The number of nitrogens with zero attached hydrogens (tertiary/aromatic N) is 3. The number of aliphatic hydroxyl groups excluding tert-OH is 1. The minimum Gasteiger partial charge on any atom is -0.396 e. The highest BCUT2D eigenvalue weighted by atomic mass is 16.3. The summed E-state index contributed by atoms with van der Waals surface area (Å²) in [4.78, 5) is 0. The molecule has 84 valence electrons. The maximum absolute atomic E-state index is 8.82. The van der Waals surface area contributed by atoms with Crippen molar-refractivity contribution in [1.82, 2.24) is 20.1 Å². The Morgan fingerprint density at radius 1 is 1.47 bits per heavy atom. The van der Waals surface area contributed by atoms with Crippen molar-refractivity contribution in [2.75, 3.05) is 19.7 Å². The quantitative estimate of drug-likeness (QED) is 0.702. The van der Waals surface area contributed by atoms with Crippen LogP contribution in [-0.4, -0.2) is 39.6 Å². The lowest BCUT2D eigenvalue weighted by Crippen LogP contribution is -2.43. The van der Waals surface area contributed by atoms with Crippen LogP contribution in [0.25, 0.3) is 0 Å². The monoisotopic (exact) mass is 210 g/mol. The molecule has 0 amide bonds. The largest absolute Gasteiger partial charge is 0.396 e. The van der Waals surface area contributed by atoms with Crippen LogP contribution < -0.4 is 5.32 Å². The number of hydrogen-bond donors (Lipinski definition) is 2. The van der Waals surface area contributed by atoms with Gasteiger partial charge in [-0.25, -0.2) is 0 Å². The minimum atomic E-state index is 0.224. The molecule has 0 unspecified atom stereocenters. The second-order valence-electron chi connectivity index (χ2n) is 4.12. The third kappa shape index (κ3) is 2.35. The van der Waals surface area contributed by atoms with E-state index in [1.54, 1.807) is 0 Å². The van der Waals surface area contributed by atoms with Gasteiger partial charge in [-0.3, -0.25) is 0 Å². The Morgan fingerprint density at radius 2 is 2.27 bits per heavy atom. The molecular formula is C10H18N4O. The Balaban J connectivity index is 2.01. The average molecular weight is 210 g/mol. The smallest absolute Gasteiger partial charge is 0.133 e. The fourth-order valence-electron chi connectivity index (χ4n) is 1.85. The molecule has 0 spiro atoms. The average Bonchev–Trinajstić information content (AvgIpc) is 2.50. The van der Waals surface area contributed by atoms with Gasteiger partial charge in [-0.05, 0) is 32.4 Å². The number of aromatic nitrogens is 3. The first kappa shape index (κ1) is 10.6. The van der Waals surface area contributed by atoms with E-state index in [1.807, 2.05) is 6.92 Å². The maximum atomic E-state index is 8.82. The summed E-state index contributed by atoms with van der Waals surface area (Å²) < 4.78 is 2.12. The lowest BCUT2D eigenvalue weighted by Gasteiger charge is -2.26. The van der Waals surface area contributed by atoms with E-state index >= 15 is 0 Å². The van der Waals surface area contributed by atoms with Crippen molar-refractivity contribution in [3.05, 3.63) is 11.6 Å². The van der Waals surface area contributed by atoms with Crippen LogP contribution in [0.5, 0.6) is 0 Å². The van der Waals surface area contributed by atoms with Gasteiger partial charge in [0.15, 0.2) is 0 Å². The van der Waals surface area contributed by atoms with Gasteiger partial charge < -0.3 is 15.0 Å². The molecule has 1 aromatic heterocycles. The van der Waals surface area contributed by atoms with Crippen molar-refractivity contribution in [3.63, 3.8) is 0 Å². The summed E-state index contributed by atoms with van der Waals surface area (Å²) in [5.41, 5.74) is 0. The molecule has 5 heteroatoms. The zero-order valence-corrected chi connectivity index (χ0v) is 9.11. The predicted molar refractivity (Wildman–Crippen MR) is 56.5 cm³/mol. The van der Waals surface area contributed by atoms with Gasteiger partial charge in [-0.2, -0.15) is 0 Å². The standard InChI is InChI=1S/C10H18N4O/c1-8-12-13-10(5-9-6-11-7-9)14(8)3-2-4-15/h9,11,15H,2-7H2,1H3. The van der Waals surface area contributed by atoms with Gasteiger partial charge in [0.1, 0.15) is 11.6 Å². The Bertz CT molecular complexity index is 319. The zero-order valence-electron chi connectivity index (χ0n) is 9.11. The molecule has 2 N–H and O–H groups in total. The van der Waals surface area contributed by atoms with Crippen LogP contribution in [0.4, 0.5) is 0 Å². The van der Waals surface area contributed by atoms with Crippen LogP contribution in [0, 0.1) is 12.8 Å². The molecule has 1 aromatic rings. The molecule has 1 aliphatic rings. The number of nitrogens with one attached hydrogen (secondary N) is 1. The van der Waals surface area contributed by atoms with Crippen molar-refractivity contribution < 1.29 is 5.11 Å². The molecule has 0 aliphatic carbocycles. The third-order valence-electron chi connectivity index (χ3n) is 2.89. The summed E-state index contributed by atoms with van der Waals surface area (Å²) in [6, 6.07) is 0. The van der Waals surface area contributed by atoms with Gasteiger partial charge in [0.2, 0.25) is 0 Å². The molecule has 0 aromatic carbocycles. The topological polar surface area (TPSA) is 63.0 Å². The first-order valence-electron chi connectivity index (χ1n) is 5.51. The second kappa shape index (κ2) is 4.72. The molecule has 1 aliphatic heterocycles. The van der Waals surface area contributed by atoms with Gasteiger partial charge in [0.05, 0.1) is 0 Å². The number of aliphatic hydroxyl groups is 1. The Kier molecular flexibility index (Phi) is 3.33. The van der Waals surface area contributed by atoms with Crippen molar-refractivity contribution in [3.8, 4) is 0 Å². The number of hydrogen-bond acceptors (Lipinski definition) is 4. The van der Waals surface area contributed by atoms with Crippen molar-refractivity contribution >= 4 is 0 Å². The van der Waals surface area contributed by atoms with Gasteiger partial charge >= 0.3 is 0 Å². The summed E-state index contributed by atoms with van der Waals surface area (Å²) in [5, 5.41) is 20.4. The maximum Gasteiger partial charge on any atom is 0.133 e. The summed E-state index contributed by atoms with van der Waals surface area (Å²) in [7, 11) is 0. The molecule has 0 bridgehead atoms. The van der Waals surface area contributed by atoms with Crippen LogP contribution >= 0.6 is 0 Å². The lowest BCUT2D eigenvalue weighted by atomic mass is 9.99. The SMILES string of the molecule is Cc1nnc(CC2CNC2)n1CCCO. The highest BCUT2D eigenvalue weighted by Gasteiger charge is 2.20. The van der Waals surface area contributed by atoms with Crippen molar-refractivity contribution in [1.29, 1.82) is 0 Å². The summed E-state index contributed by atoms with van der Waals surface area (Å²) in [6.45, 7) is 5.19. The molecule has 0 radical (unpaired) electrons. The molecule has 5 nitrogen and oxygen atoms in total. The van der Waals surface area contributed by atoms with E-state index in [1.165, 1.54) is 0 Å². The van der Waals surface area contributed by atoms with Gasteiger partial charge in [0.25, 0.3) is 0 Å². The molecule has 0 atom stereocenters. The van der Waals surface area contributed by atoms with E-state index in [9.17, 15) is 0 Å².